The first-order chi connectivity index (χ1) is 10.0. The normalized spacial score (nSPS) is 21.6. The number of hydrogen-bond donors (Lipinski definition) is 3. The van der Waals surface area contributed by atoms with Crippen LogP contribution in [0.5, 0.6) is 0 Å². The van der Waals surface area contributed by atoms with Gasteiger partial charge in [-0.05, 0) is 25.7 Å². The van der Waals surface area contributed by atoms with Gasteiger partial charge in [-0.3, -0.25) is 14.4 Å². The van der Waals surface area contributed by atoms with Crippen LogP contribution in [0.4, 0.5) is 0 Å². The molecule has 0 aliphatic heterocycles. The van der Waals surface area contributed by atoms with Gasteiger partial charge < -0.3 is 20.5 Å². The molecule has 0 unspecified atom stereocenters. The summed E-state index contributed by atoms with van der Waals surface area (Å²) in [7, 11) is 1.56. The van der Waals surface area contributed by atoms with Gasteiger partial charge in [-0.15, -0.1) is 0 Å². The zero-order valence-electron chi connectivity index (χ0n) is 12.4. The molecular weight excluding hydrogens is 276 g/mol. The van der Waals surface area contributed by atoms with Gasteiger partial charge >= 0.3 is 5.97 Å². The lowest BCUT2D eigenvalue weighted by Gasteiger charge is -2.25. The van der Waals surface area contributed by atoms with Gasteiger partial charge in [0.1, 0.15) is 0 Å². The van der Waals surface area contributed by atoms with Crippen molar-refractivity contribution in [3.8, 4) is 0 Å². The van der Waals surface area contributed by atoms with E-state index >= 15 is 0 Å². The maximum atomic E-state index is 11.9. The predicted octanol–water partition coefficient (Wildman–Crippen LogP) is 0.146. The maximum Gasteiger partial charge on any atom is 0.306 e. The van der Waals surface area contributed by atoms with Crippen molar-refractivity contribution in [2.45, 2.75) is 32.1 Å². The van der Waals surface area contributed by atoms with Gasteiger partial charge in [0.2, 0.25) is 11.8 Å². The van der Waals surface area contributed by atoms with E-state index in [1.54, 1.807) is 7.11 Å². The molecule has 0 radical (unpaired) electrons. The average molecular weight is 300 g/mol. The van der Waals surface area contributed by atoms with E-state index in [9.17, 15) is 14.4 Å². The van der Waals surface area contributed by atoms with Crippen LogP contribution in [-0.2, 0) is 19.1 Å². The molecule has 0 heterocycles. The van der Waals surface area contributed by atoms with E-state index in [4.69, 9.17) is 9.84 Å². The number of ether oxygens (including phenoxy) is 1. The molecule has 1 aliphatic rings. The van der Waals surface area contributed by atoms with Crippen LogP contribution in [0.15, 0.2) is 0 Å². The molecule has 0 aromatic heterocycles. The second-order valence-corrected chi connectivity index (χ2v) is 5.27. The topological polar surface area (TPSA) is 105 Å². The number of rotatable bonds is 8. The van der Waals surface area contributed by atoms with Crippen molar-refractivity contribution in [1.82, 2.24) is 10.6 Å². The van der Waals surface area contributed by atoms with Crippen molar-refractivity contribution in [3.05, 3.63) is 0 Å². The standard InChI is InChI=1S/C14H24N2O5/c1-21-9-8-15-12(17)6-7-16-13(18)10-2-4-11(5-3-10)14(19)20/h10-11H,2-9H2,1H3,(H,15,17)(H,16,18)(H,19,20). The van der Waals surface area contributed by atoms with Gasteiger partial charge in [0, 0.05) is 32.5 Å². The molecule has 1 aliphatic carbocycles. The van der Waals surface area contributed by atoms with Gasteiger partial charge in [0.25, 0.3) is 0 Å². The zero-order chi connectivity index (χ0) is 15.7. The highest BCUT2D eigenvalue weighted by atomic mass is 16.5. The Bertz CT molecular complexity index is 364. The fraction of sp³-hybridized carbons (Fsp3) is 0.786. The Labute approximate surface area is 124 Å². The largest absolute Gasteiger partial charge is 0.481 e. The van der Waals surface area contributed by atoms with Crippen molar-refractivity contribution >= 4 is 17.8 Å². The number of methoxy groups -OCH3 is 1. The van der Waals surface area contributed by atoms with Crippen molar-refractivity contribution in [3.63, 3.8) is 0 Å². The minimum absolute atomic E-state index is 0.0801. The molecule has 7 nitrogen and oxygen atoms in total. The highest BCUT2D eigenvalue weighted by Crippen LogP contribution is 2.28. The number of hydrogen-bond acceptors (Lipinski definition) is 4. The van der Waals surface area contributed by atoms with E-state index in [1.807, 2.05) is 0 Å². The Morgan fingerprint density at radius 2 is 1.67 bits per heavy atom. The number of carbonyl (C=O) groups is 3. The van der Waals surface area contributed by atoms with E-state index in [2.05, 4.69) is 10.6 Å². The number of carboxylic acids is 1. The van der Waals surface area contributed by atoms with Crippen LogP contribution in [0, 0.1) is 11.8 Å². The maximum absolute atomic E-state index is 11.9. The Morgan fingerprint density at radius 1 is 1.05 bits per heavy atom. The number of amides is 2. The van der Waals surface area contributed by atoms with Crippen LogP contribution in [0.1, 0.15) is 32.1 Å². The first kappa shape index (κ1) is 17.4. The number of aliphatic carboxylic acids is 1. The highest BCUT2D eigenvalue weighted by Gasteiger charge is 2.29. The van der Waals surface area contributed by atoms with Crippen LogP contribution < -0.4 is 10.6 Å². The fourth-order valence-corrected chi connectivity index (χ4v) is 2.43. The third-order valence-corrected chi connectivity index (χ3v) is 3.73. The summed E-state index contributed by atoms with van der Waals surface area (Å²) < 4.78 is 4.81. The van der Waals surface area contributed by atoms with E-state index in [1.165, 1.54) is 0 Å². The smallest absolute Gasteiger partial charge is 0.306 e. The Morgan fingerprint density at radius 3 is 2.24 bits per heavy atom. The van der Waals surface area contributed by atoms with Crippen LogP contribution in [0.25, 0.3) is 0 Å². The Hall–Kier alpha value is -1.63. The molecular formula is C14H24N2O5. The second kappa shape index (κ2) is 9.33. The Kier molecular flexibility index (Phi) is 7.74. The molecule has 1 saturated carbocycles. The summed E-state index contributed by atoms with van der Waals surface area (Å²) in [6.07, 6.45) is 2.53. The molecule has 0 bridgehead atoms. The molecule has 21 heavy (non-hydrogen) atoms. The fourth-order valence-electron chi connectivity index (χ4n) is 2.43. The molecule has 0 spiro atoms. The van der Waals surface area contributed by atoms with Crippen LogP contribution in [-0.4, -0.2) is 49.7 Å². The summed E-state index contributed by atoms with van der Waals surface area (Å²) in [5.41, 5.74) is 0. The van der Waals surface area contributed by atoms with Gasteiger partial charge in [0.15, 0.2) is 0 Å². The molecule has 0 saturated heterocycles. The number of carboxylic acid groups (broad SMARTS) is 1. The lowest BCUT2D eigenvalue weighted by Crippen LogP contribution is -2.37. The van der Waals surface area contributed by atoms with Gasteiger partial charge in [-0.1, -0.05) is 0 Å². The minimum atomic E-state index is -0.776. The van der Waals surface area contributed by atoms with Crippen LogP contribution in [0.2, 0.25) is 0 Å². The summed E-state index contributed by atoms with van der Waals surface area (Å²) in [4.78, 5) is 34.1. The summed E-state index contributed by atoms with van der Waals surface area (Å²) in [5.74, 6) is -1.43. The third-order valence-electron chi connectivity index (χ3n) is 3.73. The quantitative estimate of drug-likeness (QED) is 0.553. The molecule has 3 N–H and O–H groups in total. The number of carbonyl (C=O) groups excluding carboxylic acids is 2. The van der Waals surface area contributed by atoms with E-state index in [0.717, 1.165) is 0 Å². The molecule has 0 aromatic rings. The zero-order valence-corrected chi connectivity index (χ0v) is 12.4. The molecule has 2 amide bonds. The SMILES string of the molecule is COCCNC(=O)CCNC(=O)C1CCC(C(=O)O)CC1. The van der Waals surface area contributed by atoms with Crippen LogP contribution in [0.3, 0.4) is 0 Å². The molecule has 0 atom stereocenters. The summed E-state index contributed by atoms with van der Waals surface area (Å²) >= 11 is 0. The molecule has 0 aromatic carbocycles. The summed E-state index contributed by atoms with van der Waals surface area (Å²) in [6.45, 7) is 1.23. The van der Waals surface area contributed by atoms with Crippen molar-refractivity contribution in [2.75, 3.05) is 26.8 Å². The molecule has 120 valence electrons. The van der Waals surface area contributed by atoms with Crippen molar-refractivity contribution in [2.24, 2.45) is 11.8 Å². The van der Waals surface area contributed by atoms with E-state index in [0.29, 0.717) is 45.4 Å². The van der Waals surface area contributed by atoms with E-state index in [-0.39, 0.29) is 30.1 Å². The highest BCUT2D eigenvalue weighted by molar-refractivity contribution is 5.81. The van der Waals surface area contributed by atoms with Gasteiger partial charge in [0.05, 0.1) is 12.5 Å². The summed E-state index contributed by atoms with van der Waals surface area (Å²) in [6, 6.07) is 0. The minimum Gasteiger partial charge on any atom is -0.481 e. The van der Waals surface area contributed by atoms with Crippen molar-refractivity contribution in [1.29, 1.82) is 0 Å². The first-order valence-corrected chi connectivity index (χ1v) is 7.30. The summed E-state index contributed by atoms with van der Waals surface area (Å²) in [5, 5.41) is 14.3. The van der Waals surface area contributed by atoms with Gasteiger partial charge in [-0.2, -0.15) is 0 Å². The van der Waals surface area contributed by atoms with Gasteiger partial charge in [-0.25, -0.2) is 0 Å². The third kappa shape index (κ3) is 6.57. The lowest BCUT2D eigenvalue weighted by atomic mass is 9.81. The monoisotopic (exact) mass is 300 g/mol. The number of nitrogens with one attached hydrogen (secondary N) is 2. The van der Waals surface area contributed by atoms with E-state index < -0.39 is 5.97 Å². The molecule has 7 heteroatoms. The second-order valence-electron chi connectivity index (χ2n) is 5.27. The van der Waals surface area contributed by atoms with Crippen LogP contribution >= 0.6 is 0 Å². The molecule has 1 rings (SSSR count). The lowest BCUT2D eigenvalue weighted by molar-refractivity contribution is -0.144. The average Bonchev–Trinajstić information content (AvgIpc) is 2.47. The first-order valence-electron chi connectivity index (χ1n) is 7.30. The molecule has 1 fully saturated rings. The Balaban J connectivity index is 2.14. The predicted molar refractivity (Wildman–Crippen MR) is 75.6 cm³/mol. The van der Waals surface area contributed by atoms with Crippen molar-refractivity contribution < 1.29 is 24.2 Å².